The maximum atomic E-state index is 13.5. The average Bonchev–Trinajstić information content (AvgIpc) is 2.54. The lowest BCUT2D eigenvalue weighted by atomic mass is 10.1. The molecule has 0 radical (unpaired) electrons. The second-order valence-electron chi connectivity index (χ2n) is 5.12. The van der Waals surface area contributed by atoms with E-state index in [1.807, 2.05) is 32.0 Å². The zero-order chi connectivity index (χ0) is 16.8. The summed E-state index contributed by atoms with van der Waals surface area (Å²) >= 11 is 1.36. The van der Waals surface area contributed by atoms with Crippen molar-refractivity contribution in [2.75, 3.05) is 12.4 Å². The van der Waals surface area contributed by atoms with Crippen LogP contribution >= 0.6 is 11.8 Å². The third-order valence-electron chi connectivity index (χ3n) is 3.23. The highest BCUT2D eigenvalue weighted by Gasteiger charge is 2.14. The van der Waals surface area contributed by atoms with Crippen molar-refractivity contribution < 1.29 is 18.7 Å². The fraction of sp³-hybridized carbons (Fsp3) is 0.222. The van der Waals surface area contributed by atoms with Gasteiger partial charge in [0.05, 0.1) is 11.3 Å². The van der Waals surface area contributed by atoms with Crippen LogP contribution in [0, 0.1) is 19.7 Å². The number of hydrogen-bond acceptors (Lipinski definition) is 4. The Morgan fingerprint density at radius 1 is 1.13 bits per heavy atom. The molecule has 0 heterocycles. The minimum absolute atomic E-state index is 0.0671. The monoisotopic (exact) mass is 332 g/mol. The number of ketones is 1. The molecule has 2 aromatic carbocycles. The number of thioether (sulfide) groups is 1. The van der Waals surface area contributed by atoms with E-state index in [0.717, 1.165) is 16.0 Å². The number of hydrogen-bond donors (Lipinski definition) is 0. The number of Topliss-reactive ketones (excluding diaryl/α,β-unsaturated/α-hetero) is 1. The molecule has 0 saturated heterocycles. The van der Waals surface area contributed by atoms with Gasteiger partial charge < -0.3 is 4.74 Å². The predicted octanol–water partition coefficient (Wildman–Crippen LogP) is 3.96. The number of carbonyl (C=O) groups excluding carboxylic acids is 2. The minimum Gasteiger partial charge on any atom is -0.457 e. The molecule has 2 rings (SSSR count). The normalized spacial score (nSPS) is 10.4. The Morgan fingerprint density at radius 2 is 1.87 bits per heavy atom. The molecule has 0 aromatic heterocycles. The summed E-state index contributed by atoms with van der Waals surface area (Å²) in [6.45, 7) is 3.50. The van der Waals surface area contributed by atoms with Gasteiger partial charge in [-0.3, -0.25) is 9.59 Å². The predicted molar refractivity (Wildman–Crippen MR) is 88.3 cm³/mol. The first-order chi connectivity index (χ1) is 11.0. The topological polar surface area (TPSA) is 43.4 Å². The molecule has 23 heavy (non-hydrogen) atoms. The molecule has 0 aliphatic heterocycles. The van der Waals surface area contributed by atoms with Crippen molar-refractivity contribution in [2.24, 2.45) is 0 Å². The lowest BCUT2D eigenvalue weighted by Crippen LogP contribution is -2.16. The van der Waals surface area contributed by atoms with Crippen LogP contribution < -0.4 is 0 Å². The minimum atomic E-state index is -0.613. The smallest absolute Gasteiger partial charge is 0.316 e. The number of esters is 1. The van der Waals surface area contributed by atoms with Crippen LogP contribution in [0.15, 0.2) is 47.4 Å². The molecule has 3 nitrogen and oxygen atoms in total. The SMILES string of the molecule is Cc1ccc(C)c(SCC(=O)OCC(=O)c2ccccc2F)c1. The maximum absolute atomic E-state index is 13.5. The Labute approximate surface area is 138 Å². The maximum Gasteiger partial charge on any atom is 0.316 e. The van der Waals surface area contributed by atoms with Crippen LogP contribution in [0.25, 0.3) is 0 Å². The summed E-state index contributed by atoms with van der Waals surface area (Å²) in [5, 5.41) is 0. The van der Waals surface area contributed by atoms with Gasteiger partial charge in [0.15, 0.2) is 6.61 Å². The molecular weight excluding hydrogens is 315 g/mol. The van der Waals surface area contributed by atoms with Gasteiger partial charge in [-0.1, -0.05) is 29.8 Å². The van der Waals surface area contributed by atoms with Crippen LogP contribution in [0.2, 0.25) is 0 Å². The molecule has 0 bridgehead atoms. The summed E-state index contributed by atoms with van der Waals surface area (Å²) in [6, 6.07) is 11.6. The second-order valence-corrected chi connectivity index (χ2v) is 6.14. The third-order valence-corrected chi connectivity index (χ3v) is 4.36. The van der Waals surface area contributed by atoms with Gasteiger partial charge in [-0.2, -0.15) is 0 Å². The Kier molecular flexibility index (Phi) is 5.93. The third kappa shape index (κ3) is 4.93. The van der Waals surface area contributed by atoms with Crippen LogP contribution in [-0.4, -0.2) is 24.1 Å². The number of ether oxygens (including phenoxy) is 1. The van der Waals surface area contributed by atoms with Gasteiger partial charge in [-0.25, -0.2) is 4.39 Å². The van der Waals surface area contributed by atoms with E-state index in [2.05, 4.69) is 0 Å². The quantitative estimate of drug-likeness (QED) is 0.456. The van der Waals surface area contributed by atoms with Crippen molar-refractivity contribution in [3.63, 3.8) is 0 Å². The van der Waals surface area contributed by atoms with E-state index in [1.165, 1.54) is 30.0 Å². The fourth-order valence-corrected chi connectivity index (χ4v) is 2.87. The van der Waals surface area contributed by atoms with Gasteiger partial charge in [0, 0.05) is 4.90 Å². The summed E-state index contributed by atoms with van der Waals surface area (Å²) in [4.78, 5) is 24.6. The molecule has 5 heteroatoms. The average molecular weight is 332 g/mol. The van der Waals surface area contributed by atoms with Crippen molar-refractivity contribution in [3.8, 4) is 0 Å². The van der Waals surface area contributed by atoms with Crippen LogP contribution in [0.3, 0.4) is 0 Å². The van der Waals surface area contributed by atoms with Crippen molar-refractivity contribution in [1.29, 1.82) is 0 Å². The van der Waals surface area contributed by atoms with Gasteiger partial charge in [0.25, 0.3) is 0 Å². The van der Waals surface area contributed by atoms with Crippen molar-refractivity contribution >= 4 is 23.5 Å². The molecule has 0 unspecified atom stereocenters. The Bertz CT molecular complexity index is 728. The molecule has 0 spiro atoms. The van der Waals surface area contributed by atoms with Gasteiger partial charge in [0.1, 0.15) is 5.82 Å². The van der Waals surface area contributed by atoms with E-state index in [-0.39, 0.29) is 11.3 Å². The van der Waals surface area contributed by atoms with E-state index >= 15 is 0 Å². The highest BCUT2D eigenvalue weighted by Crippen LogP contribution is 2.23. The zero-order valence-corrected chi connectivity index (χ0v) is 13.8. The number of halogens is 1. The lowest BCUT2D eigenvalue weighted by Gasteiger charge is -2.07. The fourth-order valence-electron chi connectivity index (χ4n) is 1.95. The van der Waals surface area contributed by atoms with Crippen LogP contribution in [-0.2, 0) is 9.53 Å². The van der Waals surface area contributed by atoms with E-state index < -0.39 is 24.2 Å². The molecule has 2 aromatic rings. The summed E-state index contributed by atoms with van der Waals surface area (Å²) in [5.74, 6) is -1.55. The van der Waals surface area contributed by atoms with Crippen LogP contribution in [0.5, 0.6) is 0 Å². The standard InChI is InChI=1S/C18H17FO3S/c1-12-7-8-13(2)17(9-12)23-11-18(21)22-10-16(20)14-5-3-4-6-15(14)19/h3-9H,10-11H2,1-2H3. The summed E-state index contributed by atoms with van der Waals surface area (Å²) < 4.78 is 18.4. The largest absolute Gasteiger partial charge is 0.457 e. The molecule has 0 fully saturated rings. The molecule has 120 valence electrons. The molecular formula is C18H17FO3S. The Hall–Kier alpha value is -2.14. The summed E-state index contributed by atoms with van der Waals surface area (Å²) in [6.07, 6.45) is 0. The Morgan fingerprint density at radius 3 is 2.61 bits per heavy atom. The first kappa shape index (κ1) is 17.2. The molecule has 0 atom stereocenters. The lowest BCUT2D eigenvalue weighted by molar-refractivity contribution is -0.139. The molecule has 0 aliphatic rings. The first-order valence-corrected chi connectivity index (χ1v) is 8.09. The number of aryl methyl sites for hydroxylation is 2. The second kappa shape index (κ2) is 7.92. The van der Waals surface area contributed by atoms with E-state index in [0.29, 0.717) is 0 Å². The van der Waals surface area contributed by atoms with E-state index in [1.54, 1.807) is 6.07 Å². The van der Waals surface area contributed by atoms with Crippen LogP contribution in [0.4, 0.5) is 4.39 Å². The van der Waals surface area contributed by atoms with E-state index in [9.17, 15) is 14.0 Å². The Balaban J connectivity index is 1.85. The van der Waals surface area contributed by atoms with E-state index in [4.69, 9.17) is 4.74 Å². The van der Waals surface area contributed by atoms with Gasteiger partial charge in [-0.15, -0.1) is 11.8 Å². The molecule has 0 saturated carbocycles. The van der Waals surface area contributed by atoms with Gasteiger partial charge in [0.2, 0.25) is 5.78 Å². The van der Waals surface area contributed by atoms with Crippen molar-refractivity contribution in [3.05, 3.63) is 65.0 Å². The first-order valence-electron chi connectivity index (χ1n) is 7.11. The summed E-state index contributed by atoms with van der Waals surface area (Å²) in [7, 11) is 0. The molecule has 0 amide bonds. The van der Waals surface area contributed by atoms with Gasteiger partial charge in [-0.05, 0) is 37.6 Å². The highest BCUT2D eigenvalue weighted by molar-refractivity contribution is 8.00. The van der Waals surface area contributed by atoms with Crippen LogP contribution in [0.1, 0.15) is 21.5 Å². The zero-order valence-electron chi connectivity index (χ0n) is 13.0. The number of rotatable bonds is 6. The molecule has 0 N–H and O–H groups in total. The summed E-state index contributed by atoms with van der Waals surface area (Å²) in [5.41, 5.74) is 2.12. The van der Waals surface area contributed by atoms with Gasteiger partial charge >= 0.3 is 5.97 Å². The van der Waals surface area contributed by atoms with Crippen molar-refractivity contribution in [1.82, 2.24) is 0 Å². The molecule has 0 aliphatic carbocycles. The number of benzene rings is 2. The number of carbonyl (C=O) groups is 2. The van der Waals surface area contributed by atoms with Crippen molar-refractivity contribution in [2.45, 2.75) is 18.7 Å². The highest BCUT2D eigenvalue weighted by atomic mass is 32.2.